The lowest BCUT2D eigenvalue weighted by Gasteiger charge is -2.02. The molecule has 1 nitrogen and oxygen atoms in total. The van der Waals surface area contributed by atoms with Gasteiger partial charge in [0.05, 0.1) is 5.02 Å². The molecule has 0 aliphatic heterocycles. The Bertz CT molecular complexity index is 323. The van der Waals surface area contributed by atoms with Gasteiger partial charge in [0.2, 0.25) is 0 Å². The van der Waals surface area contributed by atoms with Crippen LogP contribution in [0.15, 0.2) is 23.1 Å². The molecule has 0 saturated heterocycles. The molecule has 0 saturated carbocycles. The number of thioether (sulfide) groups is 1. The van der Waals surface area contributed by atoms with E-state index >= 15 is 0 Å². The second kappa shape index (κ2) is 4.68. The van der Waals surface area contributed by atoms with Crippen LogP contribution >= 0.6 is 23.4 Å². The predicted molar refractivity (Wildman–Crippen MR) is 57.9 cm³/mol. The second-order valence-electron chi connectivity index (χ2n) is 2.62. The van der Waals surface area contributed by atoms with Crippen molar-refractivity contribution in [1.82, 2.24) is 0 Å². The fourth-order valence-corrected chi connectivity index (χ4v) is 1.83. The molecule has 0 radical (unpaired) electrons. The van der Waals surface area contributed by atoms with Gasteiger partial charge in [-0.3, -0.25) is 4.79 Å². The van der Waals surface area contributed by atoms with Gasteiger partial charge in [-0.15, -0.1) is 11.8 Å². The third kappa shape index (κ3) is 2.48. The largest absolute Gasteiger partial charge is 0.294 e. The average Bonchev–Trinajstić information content (AvgIpc) is 2.16. The predicted octanol–water partition coefficient (Wildman–Crippen LogP) is 3.65. The van der Waals surface area contributed by atoms with Gasteiger partial charge >= 0.3 is 0 Å². The molecule has 0 amide bonds. The minimum absolute atomic E-state index is 0.0950. The van der Waals surface area contributed by atoms with Gasteiger partial charge in [0.15, 0.2) is 5.78 Å². The lowest BCUT2D eigenvalue weighted by Crippen LogP contribution is -1.97. The van der Waals surface area contributed by atoms with Crippen molar-refractivity contribution in [2.24, 2.45) is 0 Å². The Morgan fingerprint density at radius 2 is 2.23 bits per heavy atom. The Hall–Kier alpha value is -0.470. The SMILES string of the molecule is CCC(=O)c1ccc(SC)cc1Cl. The fraction of sp³-hybridized carbons (Fsp3) is 0.300. The van der Waals surface area contributed by atoms with Crippen molar-refractivity contribution < 1.29 is 4.79 Å². The number of Topliss-reactive ketones (excluding diaryl/α,β-unsaturated/α-hetero) is 1. The fourth-order valence-electron chi connectivity index (χ4n) is 1.04. The van der Waals surface area contributed by atoms with Crippen LogP contribution in [0.25, 0.3) is 0 Å². The summed E-state index contributed by atoms with van der Waals surface area (Å²) in [6.45, 7) is 1.83. The lowest BCUT2D eigenvalue weighted by molar-refractivity contribution is 0.0988. The molecule has 0 heterocycles. The van der Waals surface area contributed by atoms with Crippen molar-refractivity contribution >= 4 is 29.1 Å². The Labute approximate surface area is 87.5 Å². The number of hydrogen-bond donors (Lipinski definition) is 0. The van der Waals surface area contributed by atoms with Crippen molar-refractivity contribution in [2.75, 3.05) is 6.26 Å². The molecule has 1 aromatic carbocycles. The zero-order chi connectivity index (χ0) is 9.84. The van der Waals surface area contributed by atoms with Gasteiger partial charge in [0.25, 0.3) is 0 Å². The van der Waals surface area contributed by atoms with Crippen LogP contribution in [0.2, 0.25) is 5.02 Å². The summed E-state index contributed by atoms with van der Waals surface area (Å²) in [5.41, 5.74) is 0.627. The molecule has 1 rings (SSSR count). The van der Waals surface area contributed by atoms with Gasteiger partial charge in [-0.05, 0) is 24.5 Å². The molecule has 0 fully saturated rings. The first-order chi connectivity index (χ1) is 6.19. The molecule has 13 heavy (non-hydrogen) atoms. The van der Waals surface area contributed by atoms with E-state index in [9.17, 15) is 4.79 Å². The average molecular weight is 215 g/mol. The maximum Gasteiger partial charge on any atom is 0.164 e. The Morgan fingerprint density at radius 3 is 2.69 bits per heavy atom. The van der Waals surface area contributed by atoms with E-state index < -0.39 is 0 Å². The summed E-state index contributed by atoms with van der Waals surface area (Å²) in [5.74, 6) is 0.0950. The first kappa shape index (κ1) is 10.6. The number of hydrogen-bond acceptors (Lipinski definition) is 2. The molecular formula is C10H11ClOS. The van der Waals surface area contributed by atoms with Gasteiger partial charge in [-0.25, -0.2) is 0 Å². The molecule has 0 aromatic heterocycles. The summed E-state index contributed by atoms with van der Waals surface area (Å²) in [5, 5.41) is 0.554. The summed E-state index contributed by atoms with van der Waals surface area (Å²) in [4.78, 5) is 12.4. The summed E-state index contributed by atoms with van der Waals surface area (Å²) in [7, 11) is 0. The van der Waals surface area contributed by atoms with E-state index in [1.54, 1.807) is 17.8 Å². The van der Waals surface area contributed by atoms with Crippen molar-refractivity contribution in [3.8, 4) is 0 Å². The lowest BCUT2D eigenvalue weighted by atomic mass is 10.1. The van der Waals surface area contributed by atoms with Crippen molar-refractivity contribution in [1.29, 1.82) is 0 Å². The van der Waals surface area contributed by atoms with Gasteiger partial charge < -0.3 is 0 Å². The number of ketones is 1. The maximum absolute atomic E-state index is 11.3. The summed E-state index contributed by atoms with van der Waals surface area (Å²) < 4.78 is 0. The monoisotopic (exact) mass is 214 g/mol. The first-order valence-electron chi connectivity index (χ1n) is 4.05. The molecule has 0 aliphatic carbocycles. The topological polar surface area (TPSA) is 17.1 Å². The minimum Gasteiger partial charge on any atom is -0.294 e. The highest BCUT2D eigenvalue weighted by Gasteiger charge is 2.07. The third-order valence-electron chi connectivity index (χ3n) is 1.80. The van der Waals surface area contributed by atoms with Crippen molar-refractivity contribution in [2.45, 2.75) is 18.2 Å². The van der Waals surface area contributed by atoms with Crippen molar-refractivity contribution in [3.05, 3.63) is 28.8 Å². The van der Waals surface area contributed by atoms with Crippen LogP contribution in [0, 0.1) is 0 Å². The molecule has 0 bridgehead atoms. The first-order valence-corrected chi connectivity index (χ1v) is 5.66. The van der Waals surface area contributed by atoms with E-state index in [4.69, 9.17) is 11.6 Å². The smallest absolute Gasteiger partial charge is 0.164 e. The Morgan fingerprint density at radius 1 is 1.54 bits per heavy atom. The number of carbonyl (C=O) groups is 1. The molecule has 0 N–H and O–H groups in total. The standard InChI is InChI=1S/C10H11ClOS/c1-3-10(12)8-5-4-7(13-2)6-9(8)11/h4-6H,3H2,1-2H3. The van der Waals surface area contributed by atoms with Crippen LogP contribution in [-0.2, 0) is 0 Å². The van der Waals surface area contributed by atoms with E-state index in [0.717, 1.165) is 4.90 Å². The highest BCUT2D eigenvalue weighted by atomic mass is 35.5. The molecule has 70 valence electrons. The van der Waals surface area contributed by atoms with E-state index in [0.29, 0.717) is 17.0 Å². The second-order valence-corrected chi connectivity index (χ2v) is 3.91. The van der Waals surface area contributed by atoms with Crippen LogP contribution in [0.5, 0.6) is 0 Å². The van der Waals surface area contributed by atoms with Gasteiger partial charge in [-0.2, -0.15) is 0 Å². The summed E-state index contributed by atoms with van der Waals surface area (Å²) in [6.07, 6.45) is 2.48. The summed E-state index contributed by atoms with van der Waals surface area (Å²) >= 11 is 7.56. The molecule has 0 spiro atoms. The van der Waals surface area contributed by atoms with Gasteiger partial charge in [0, 0.05) is 16.9 Å². The number of halogens is 1. The number of carbonyl (C=O) groups excluding carboxylic acids is 1. The van der Waals surface area contributed by atoms with Crippen LogP contribution in [0.3, 0.4) is 0 Å². The Balaban J connectivity index is 3.05. The molecule has 0 aliphatic rings. The molecule has 1 aromatic rings. The van der Waals surface area contributed by atoms with Crippen LogP contribution in [-0.4, -0.2) is 12.0 Å². The maximum atomic E-state index is 11.3. The highest BCUT2D eigenvalue weighted by Crippen LogP contribution is 2.24. The Kier molecular flexibility index (Phi) is 3.82. The number of rotatable bonds is 3. The van der Waals surface area contributed by atoms with Crippen LogP contribution in [0.4, 0.5) is 0 Å². The number of benzene rings is 1. The van der Waals surface area contributed by atoms with Gasteiger partial charge in [-0.1, -0.05) is 18.5 Å². The highest BCUT2D eigenvalue weighted by molar-refractivity contribution is 7.98. The van der Waals surface area contributed by atoms with E-state index in [-0.39, 0.29) is 5.78 Å². The minimum atomic E-state index is 0.0950. The summed E-state index contributed by atoms with van der Waals surface area (Å²) in [6, 6.07) is 5.54. The third-order valence-corrected chi connectivity index (χ3v) is 2.84. The zero-order valence-electron chi connectivity index (χ0n) is 7.63. The van der Waals surface area contributed by atoms with Crippen LogP contribution < -0.4 is 0 Å². The van der Waals surface area contributed by atoms with Crippen LogP contribution in [0.1, 0.15) is 23.7 Å². The van der Waals surface area contributed by atoms with E-state index in [1.807, 2.05) is 25.3 Å². The zero-order valence-corrected chi connectivity index (χ0v) is 9.21. The molecule has 0 atom stereocenters. The van der Waals surface area contributed by atoms with E-state index in [2.05, 4.69) is 0 Å². The van der Waals surface area contributed by atoms with Crippen molar-refractivity contribution in [3.63, 3.8) is 0 Å². The molecule has 0 unspecified atom stereocenters. The normalized spacial score (nSPS) is 10.1. The van der Waals surface area contributed by atoms with E-state index in [1.165, 1.54) is 0 Å². The molecular weight excluding hydrogens is 204 g/mol. The molecule has 3 heteroatoms. The van der Waals surface area contributed by atoms with Gasteiger partial charge in [0.1, 0.15) is 0 Å². The quantitative estimate of drug-likeness (QED) is 0.564.